The first-order chi connectivity index (χ1) is 10.0. The average Bonchev–Trinajstić information content (AvgIpc) is 2.85. The normalized spacial score (nSPS) is 11.1. The molecule has 0 saturated carbocycles. The van der Waals surface area contributed by atoms with E-state index in [9.17, 15) is 4.39 Å². The van der Waals surface area contributed by atoms with E-state index in [0.717, 1.165) is 12.2 Å². The zero-order chi connectivity index (χ0) is 15.2. The van der Waals surface area contributed by atoms with Crippen LogP contribution in [0.1, 0.15) is 25.3 Å². The van der Waals surface area contributed by atoms with Gasteiger partial charge in [-0.2, -0.15) is 0 Å². The van der Waals surface area contributed by atoms with E-state index in [0.29, 0.717) is 22.7 Å². The molecule has 0 amide bonds. The predicted octanol–water partition coefficient (Wildman–Crippen LogP) is 3.90. The summed E-state index contributed by atoms with van der Waals surface area (Å²) in [6.45, 7) is 6.00. The highest BCUT2D eigenvalue weighted by Crippen LogP contribution is 2.22. The zero-order valence-electron chi connectivity index (χ0n) is 12.0. The van der Waals surface area contributed by atoms with Crippen molar-refractivity contribution >= 4 is 15.9 Å². The summed E-state index contributed by atoms with van der Waals surface area (Å²) in [6.07, 6.45) is 0. The van der Waals surface area contributed by atoms with Crippen LogP contribution in [0, 0.1) is 11.7 Å². The van der Waals surface area contributed by atoms with Crippen LogP contribution in [0.2, 0.25) is 0 Å². The molecule has 0 fully saturated rings. The van der Waals surface area contributed by atoms with Gasteiger partial charge in [0.05, 0.1) is 5.69 Å². The third-order valence-corrected chi connectivity index (χ3v) is 3.22. The Kier molecular flexibility index (Phi) is 5.76. The van der Waals surface area contributed by atoms with Gasteiger partial charge in [0, 0.05) is 17.1 Å². The topological polar surface area (TPSA) is 47.3 Å². The van der Waals surface area contributed by atoms with Crippen molar-refractivity contribution in [2.24, 2.45) is 5.92 Å². The van der Waals surface area contributed by atoms with E-state index in [-0.39, 0.29) is 12.4 Å². The van der Waals surface area contributed by atoms with Gasteiger partial charge in [-0.15, -0.1) is 0 Å². The van der Waals surface area contributed by atoms with Crippen LogP contribution in [0.15, 0.2) is 33.3 Å². The lowest BCUT2D eigenvalue weighted by molar-refractivity contribution is 0.239. The molecule has 0 aliphatic carbocycles. The second kappa shape index (κ2) is 7.56. The summed E-state index contributed by atoms with van der Waals surface area (Å²) in [5, 5.41) is 7.22. The summed E-state index contributed by atoms with van der Waals surface area (Å²) in [5.41, 5.74) is 0.811. The Morgan fingerprint density at radius 2 is 2.19 bits per heavy atom. The van der Waals surface area contributed by atoms with E-state index in [4.69, 9.17) is 9.26 Å². The van der Waals surface area contributed by atoms with Crippen LogP contribution in [0.3, 0.4) is 0 Å². The lowest BCUT2D eigenvalue weighted by Crippen LogP contribution is -2.19. The Labute approximate surface area is 131 Å². The van der Waals surface area contributed by atoms with Crippen molar-refractivity contribution in [1.29, 1.82) is 0 Å². The van der Waals surface area contributed by atoms with Gasteiger partial charge in [0.1, 0.15) is 6.61 Å². The average molecular weight is 357 g/mol. The summed E-state index contributed by atoms with van der Waals surface area (Å²) in [5.74, 6) is 0.926. The van der Waals surface area contributed by atoms with Crippen LogP contribution in [0.5, 0.6) is 5.75 Å². The van der Waals surface area contributed by atoms with Crippen LogP contribution in [-0.2, 0) is 13.2 Å². The highest BCUT2D eigenvalue weighted by Gasteiger charge is 2.08. The maximum absolute atomic E-state index is 13.6. The van der Waals surface area contributed by atoms with E-state index < -0.39 is 5.82 Å². The smallest absolute Gasteiger partial charge is 0.174 e. The van der Waals surface area contributed by atoms with Crippen molar-refractivity contribution in [1.82, 2.24) is 10.5 Å². The molecule has 0 unspecified atom stereocenters. The maximum Gasteiger partial charge on any atom is 0.174 e. The molecule has 1 aromatic heterocycles. The minimum absolute atomic E-state index is 0.149. The quantitative estimate of drug-likeness (QED) is 0.817. The monoisotopic (exact) mass is 356 g/mol. The molecule has 2 aromatic rings. The lowest BCUT2D eigenvalue weighted by Gasteiger charge is -2.05. The molecule has 114 valence electrons. The summed E-state index contributed by atoms with van der Waals surface area (Å²) in [7, 11) is 0. The number of rotatable bonds is 7. The second-order valence-electron chi connectivity index (χ2n) is 5.17. The maximum atomic E-state index is 13.6. The molecule has 6 heteroatoms. The fraction of sp³-hybridized carbons (Fsp3) is 0.400. The molecule has 1 aromatic carbocycles. The third-order valence-electron chi connectivity index (χ3n) is 2.73. The molecule has 2 rings (SSSR count). The Balaban J connectivity index is 1.85. The summed E-state index contributed by atoms with van der Waals surface area (Å²) in [4.78, 5) is 0. The Morgan fingerprint density at radius 1 is 1.38 bits per heavy atom. The fourth-order valence-electron chi connectivity index (χ4n) is 1.74. The number of aromatic nitrogens is 1. The summed E-state index contributed by atoms with van der Waals surface area (Å²) in [6, 6.07) is 6.46. The molecular formula is C15H18BrFN2O2. The first-order valence-electron chi connectivity index (χ1n) is 6.77. The third kappa shape index (κ3) is 5.13. The molecule has 0 aliphatic rings. The largest absolute Gasteiger partial charge is 0.482 e. The van der Waals surface area contributed by atoms with Crippen molar-refractivity contribution in [2.45, 2.75) is 27.0 Å². The molecule has 4 nitrogen and oxygen atoms in total. The molecule has 0 bridgehead atoms. The lowest BCUT2D eigenvalue weighted by atomic mass is 10.2. The molecule has 1 N–H and O–H groups in total. The zero-order valence-corrected chi connectivity index (χ0v) is 13.6. The minimum atomic E-state index is -0.414. The van der Waals surface area contributed by atoms with Gasteiger partial charge in [-0.05, 0) is 30.7 Å². The van der Waals surface area contributed by atoms with Gasteiger partial charge in [0.25, 0.3) is 0 Å². The van der Waals surface area contributed by atoms with Gasteiger partial charge in [0.15, 0.2) is 17.3 Å². The van der Waals surface area contributed by atoms with Crippen LogP contribution >= 0.6 is 15.9 Å². The van der Waals surface area contributed by atoms with Gasteiger partial charge in [-0.25, -0.2) is 4.39 Å². The molecule has 1 heterocycles. The van der Waals surface area contributed by atoms with Crippen molar-refractivity contribution < 1.29 is 13.7 Å². The molecule has 21 heavy (non-hydrogen) atoms. The van der Waals surface area contributed by atoms with Crippen molar-refractivity contribution in [3.05, 3.63) is 46.0 Å². The van der Waals surface area contributed by atoms with Crippen LogP contribution in [0.4, 0.5) is 4.39 Å². The molecule has 0 aliphatic heterocycles. The number of ether oxygens (including phenoxy) is 1. The number of nitrogens with zero attached hydrogens (tertiary/aromatic N) is 1. The van der Waals surface area contributed by atoms with E-state index in [1.54, 1.807) is 12.1 Å². The standard InChI is InChI=1S/C15H18BrFN2O2/c1-10(2)7-18-8-12-6-13(21-19-12)9-20-15-4-3-11(16)5-14(15)17/h3-6,10,18H,7-9H2,1-2H3. The molecule has 0 spiro atoms. The Morgan fingerprint density at radius 3 is 2.90 bits per heavy atom. The SMILES string of the molecule is CC(C)CNCc1cc(COc2ccc(Br)cc2F)on1. The Hall–Kier alpha value is -1.40. The van der Waals surface area contributed by atoms with Gasteiger partial charge >= 0.3 is 0 Å². The number of benzene rings is 1. The van der Waals surface area contributed by atoms with Gasteiger partial charge in [-0.1, -0.05) is 34.9 Å². The van der Waals surface area contributed by atoms with Gasteiger partial charge in [0.2, 0.25) is 0 Å². The number of hydrogen-bond donors (Lipinski definition) is 1. The molecule has 0 atom stereocenters. The van der Waals surface area contributed by atoms with Gasteiger partial charge < -0.3 is 14.6 Å². The Bertz CT molecular complexity index is 587. The minimum Gasteiger partial charge on any atom is -0.482 e. The van der Waals surface area contributed by atoms with Crippen molar-refractivity contribution in [2.75, 3.05) is 6.54 Å². The van der Waals surface area contributed by atoms with Crippen LogP contribution in [-0.4, -0.2) is 11.7 Å². The summed E-state index contributed by atoms with van der Waals surface area (Å²) >= 11 is 3.20. The van der Waals surface area contributed by atoms with E-state index in [1.807, 2.05) is 6.07 Å². The predicted molar refractivity (Wildman–Crippen MR) is 81.5 cm³/mol. The first-order valence-corrected chi connectivity index (χ1v) is 7.57. The second-order valence-corrected chi connectivity index (χ2v) is 6.09. The molecule has 0 radical (unpaired) electrons. The van der Waals surface area contributed by atoms with Crippen LogP contribution in [0.25, 0.3) is 0 Å². The number of halogens is 2. The fourth-order valence-corrected chi connectivity index (χ4v) is 2.07. The summed E-state index contributed by atoms with van der Waals surface area (Å²) < 4.78 is 24.8. The van der Waals surface area contributed by atoms with E-state index in [1.165, 1.54) is 6.07 Å². The highest BCUT2D eigenvalue weighted by atomic mass is 79.9. The highest BCUT2D eigenvalue weighted by molar-refractivity contribution is 9.10. The van der Waals surface area contributed by atoms with Crippen molar-refractivity contribution in [3.63, 3.8) is 0 Å². The van der Waals surface area contributed by atoms with E-state index >= 15 is 0 Å². The van der Waals surface area contributed by atoms with E-state index in [2.05, 4.69) is 40.3 Å². The first kappa shape index (κ1) is 16.0. The number of hydrogen-bond acceptors (Lipinski definition) is 4. The van der Waals surface area contributed by atoms with Gasteiger partial charge in [-0.3, -0.25) is 0 Å². The van der Waals surface area contributed by atoms with Crippen LogP contribution < -0.4 is 10.1 Å². The molecular weight excluding hydrogens is 339 g/mol. The number of nitrogens with one attached hydrogen (secondary N) is 1. The van der Waals surface area contributed by atoms with Crippen molar-refractivity contribution in [3.8, 4) is 5.75 Å². The molecule has 0 saturated heterocycles.